The van der Waals surface area contributed by atoms with Gasteiger partial charge in [-0.3, -0.25) is 14.9 Å². The molecule has 1 aromatic rings. The molecular weight excluding hydrogens is 286 g/mol. The van der Waals surface area contributed by atoms with E-state index in [0.717, 1.165) is 18.4 Å². The standard InChI is InChI=1S/C15H21NO4Si/c1-21(2,3)20-15(13-5-4-6-14(13)17)11-7-9-12(10-8-11)16(18)19/h7-10,13,15H,4-6H2,1-3H3/t13-,15-/m0/s1. The van der Waals surface area contributed by atoms with Gasteiger partial charge in [-0.2, -0.15) is 0 Å². The Morgan fingerprint density at radius 2 is 1.90 bits per heavy atom. The first-order chi connectivity index (χ1) is 9.78. The Hall–Kier alpha value is -1.53. The Morgan fingerprint density at radius 1 is 1.29 bits per heavy atom. The lowest BCUT2D eigenvalue weighted by molar-refractivity contribution is -0.384. The van der Waals surface area contributed by atoms with Crippen LogP contribution in [-0.4, -0.2) is 19.0 Å². The van der Waals surface area contributed by atoms with Crippen LogP contribution in [0.4, 0.5) is 5.69 Å². The van der Waals surface area contributed by atoms with Crippen molar-refractivity contribution in [3.8, 4) is 0 Å². The van der Waals surface area contributed by atoms with Gasteiger partial charge in [0.1, 0.15) is 5.78 Å². The van der Waals surface area contributed by atoms with Gasteiger partial charge >= 0.3 is 0 Å². The van der Waals surface area contributed by atoms with Crippen LogP contribution in [0.15, 0.2) is 24.3 Å². The summed E-state index contributed by atoms with van der Waals surface area (Å²) in [6.07, 6.45) is 2.09. The molecule has 0 spiro atoms. The second kappa shape index (κ2) is 6.07. The lowest BCUT2D eigenvalue weighted by Crippen LogP contribution is -2.32. The molecule has 0 aliphatic heterocycles. The minimum Gasteiger partial charge on any atom is -0.410 e. The number of benzene rings is 1. The molecular formula is C15H21NO4Si. The van der Waals surface area contributed by atoms with E-state index >= 15 is 0 Å². The van der Waals surface area contributed by atoms with Gasteiger partial charge in [0.05, 0.1) is 11.0 Å². The molecule has 114 valence electrons. The van der Waals surface area contributed by atoms with Gasteiger partial charge in [-0.05, 0) is 50.2 Å². The number of Topliss-reactive ketones (excluding diaryl/α,β-unsaturated/α-hetero) is 1. The average molecular weight is 307 g/mol. The van der Waals surface area contributed by atoms with Gasteiger partial charge in [0, 0.05) is 24.5 Å². The Labute approximate surface area is 125 Å². The fourth-order valence-electron chi connectivity index (χ4n) is 2.71. The van der Waals surface area contributed by atoms with E-state index in [0.29, 0.717) is 6.42 Å². The third-order valence-electron chi connectivity index (χ3n) is 3.63. The predicted molar refractivity (Wildman–Crippen MR) is 82.6 cm³/mol. The molecule has 5 nitrogen and oxygen atoms in total. The van der Waals surface area contributed by atoms with Crippen LogP contribution in [0.5, 0.6) is 0 Å². The highest BCUT2D eigenvalue weighted by Gasteiger charge is 2.36. The van der Waals surface area contributed by atoms with Gasteiger partial charge in [0.15, 0.2) is 8.32 Å². The van der Waals surface area contributed by atoms with Crippen molar-refractivity contribution in [2.75, 3.05) is 0 Å². The molecule has 1 aliphatic carbocycles. The molecule has 0 amide bonds. The van der Waals surface area contributed by atoms with E-state index in [1.54, 1.807) is 12.1 Å². The SMILES string of the molecule is C[Si](C)(C)O[C@@H](c1ccc([N+](=O)[O-])cc1)[C@H]1CCCC1=O. The van der Waals surface area contributed by atoms with Crippen molar-refractivity contribution >= 4 is 19.8 Å². The van der Waals surface area contributed by atoms with Crippen molar-refractivity contribution in [1.82, 2.24) is 0 Å². The number of carbonyl (C=O) groups is 1. The van der Waals surface area contributed by atoms with Gasteiger partial charge in [-0.15, -0.1) is 0 Å². The summed E-state index contributed by atoms with van der Waals surface area (Å²) in [6.45, 7) is 6.26. The van der Waals surface area contributed by atoms with Crippen LogP contribution < -0.4 is 0 Å². The molecule has 6 heteroatoms. The quantitative estimate of drug-likeness (QED) is 0.470. The minimum absolute atomic E-state index is 0.0586. The van der Waals surface area contributed by atoms with Crippen molar-refractivity contribution < 1.29 is 14.1 Å². The van der Waals surface area contributed by atoms with Crippen LogP contribution in [0.3, 0.4) is 0 Å². The number of non-ortho nitro benzene ring substituents is 1. The van der Waals surface area contributed by atoms with Crippen LogP contribution in [0.2, 0.25) is 19.6 Å². The van der Waals surface area contributed by atoms with Gasteiger partial charge in [0.2, 0.25) is 0 Å². The Balaban J connectivity index is 2.30. The molecule has 0 radical (unpaired) electrons. The van der Waals surface area contributed by atoms with E-state index in [9.17, 15) is 14.9 Å². The number of rotatable bonds is 5. The molecule has 0 bridgehead atoms. The molecule has 1 aliphatic rings. The summed E-state index contributed by atoms with van der Waals surface area (Å²) in [5.41, 5.74) is 0.923. The summed E-state index contributed by atoms with van der Waals surface area (Å²) in [7, 11) is -1.82. The topological polar surface area (TPSA) is 69.4 Å². The number of ketones is 1. The summed E-state index contributed by atoms with van der Waals surface area (Å²) in [4.78, 5) is 22.4. The number of nitrogens with zero attached hydrogens (tertiary/aromatic N) is 1. The van der Waals surface area contributed by atoms with Crippen LogP contribution >= 0.6 is 0 Å². The molecule has 1 fully saturated rings. The molecule has 2 atom stereocenters. The fourth-order valence-corrected chi connectivity index (χ4v) is 3.77. The van der Waals surface area contributed by atoms with Gasteiger partial charge in [0.25, 0.3) is 5.69 Å². The van der Waals surface area contributed by atoms with E-state index in [2.05, 4.69) is 19.6 Å². The van der Waals surface area contributed by atoms with E-state index in [4.69, 9.17) is 4.43 Å². The third-order valence-corrected chi connectivity index (χ3v) is 4.59. The van der Waals surface area contributed by atoms with Crippen LogP contribution in [0.25, 0.3) is 0 Å². The first-order valence-electron chi connectivity index (χ1n) is 7.23. The molecule has 0 heterocycles. The normalized spacial score (nSPS) is 20.5. The zero-order valence-corrected chi connectivity index (χ0v) is 13.7. The average Bonchev–Trinajstić information content (AvgIpc) is 2.81. The molecule has 0 unspecified atom stereocenters. The van der Waals surface area contributed by atoms with E-state index < -0.39 is 13.2 Å². The first kappa shape index (κ1) is 15.8. The maximum atomic E-state index is 12.1. The third kappa shape index (κ3) is 3.98. The fraction of sp³-hybridized carbons (Fsp3) is 0.533. The summed E-state index contributed by atoms with van der Waals surface area (Å²) in [5.74, 6) is 0.134. The predicted octanol–water partition coefficient (Wildman–Crippen LogP) is 3.86. The second-order valence-electron chi connectivity index (χ2n) is 6.46. The van der Waals surface area contributed by atoms with Crippen LogP contribution in [0.1, 0.15) is 30.9 Å². The monoisotopic (exact) mass is 307 g/mol. The molecule has 21 heavy (non-hydrogen) atoms. The smallest absolute Gasteiger partial charge is 0.269 e. The highest BCUT2D eigenvalue weighted by molar-refractivity contribution is 6.69. The van der Waals surface area contributed by atoms with E-state index in [1.807, 2.05) is 0 Å². The largest absolute Gasteiger partial charge is 0.410 e. The maximum Gasteiger partial charge on any atom is 0.269 e. The summed E-state index contributed by atoms with van der Waals surface area (Å²) in [5, 5.41) is 10.7. The summed E-state index contributed by atoms with van der Waals surface area (Å²) < 4.78 is 6.23. The zero-order valence-electron chi connectivity index (χ0n) is 12.7. The Morgan fingerprint density at radius 3 is 2.33 bits per heavy atom. The molecule has 0 aromatic heterocycles. The van der Waals surface area contributed by atoms with Crippen LogP contribution in [0, 0.1) is 16.0 Å². The van der Waals surface area contributed by atoms with Gasteiger partial charge < -0.3 is 4.43 Å². The number of carbonyl (C=O) groups excluding carboxylic acids is 1. The van der Waals surface area contributed by atoms with Crippen molar-refractivity contribution in [3.63, 3.8) is 0 Å². The number of nitro benzene ring substituents is 1. The molecule has 0 N–H and O–H groups in total. The number of nitro groups is 1. The molecule has 1 saturated carbocycles. The van der Waals surface area contributed by atoms with Crippen molar-refractivity contribution in [1.29, 1.82) is 0 Å². The van der Waals surface area contributed by atoms with E-state index in [1.165, 1.54) is 12.1 Å². The maximum absolute atomic E-state index is 12.1. The zero-order chi connectivity index (χ0) is 15.6. The molecule has 1 aromatic carbocycles. The van der Waals surface area contributed by atoms with Crippen molar-refractivity contribution in [2.45, 2.75) is 45.0 Å². The highest BCUT2D eigenvalue weighted by Crippen LogP contribution is 2.38. The minimum atomic E-state index is -1.82. The van der Waals surface area contributed by atoms with Crippen LogP contribution in [-0.2, 0) is 9.22 Å². The molecule has 0 saturated heterocycles. The molecule has 2 rings (SSSR count). The lowest BCUT2D eigenvalue weighted by atomic mass is 9.93. The second-order valence-corrected chi connectivity index (χ2v) is 10.9. The number of hydrogen-bond acceptors (Lipinski definition) is 4. The first-order valence-corrected chi connectivity index (χ1v) is 10.6. The number of hydrogen-bond donors (Lipinski definition) is 0. The highest BCUT2D eigenvalue weighted by atomic mass is 28.4. The Kier molecular flexibility index (Phi) is 4.58. The summed E-state index contributed by atoms with van der Waals surface area (Å²) in [6, 6.07) is 6.40. The van der Waals surface area contributed by atoms with Gasteiger partial charge in [-0.25, -0.2) is 0 Å². The van der Waals surface area contributed by atoms with E-state index in [-0.39, 0.29) is 23.5 Å². The van der Waals surface area contributed by atoms with Crippen molar-refractivity contribution in [3.05, 3.63) is 39.9 Å². The summed E-state index contributed by atoms with van der Waals surface area (Å²) >= 11 is 0. The Bertz CT molecular complexity index is 536. The van der Waals surface area contributed by atoms with Gasteiger partial charge in [-0.1, -0.05) is 0 Å². The lowest BCUT2D eigenvalue weighted by Gasteiger charge is -2.30. The van der Waals surface area contributed by atoms with Crippen molar-refractivity contribution in [2.24, 2.45) is 5.92 Å².